The van der Waals surface area contributed by atoms with Crippen LogP contribution in [0.15, 0.2) is 0 Å². The number of carbonyl (C=O) groups excluding carboxylic acids is 1. The van der Waals surface area contributed by atoms with E-state index in [1.807, 2.05) is 25.7 Å². The van der Waals surface area contributed by atoms with Crippen LogP contribution in [0.3, 0.4) is 0 Å². The lowest BCUT2D eigenvalue weighted by Crippen LogP contribution is -2.56. The molecule has 21 heavy (non-hydrogen) atoms. The van der Waals surface area contributed by atoms with Crippen LogP contribution in [0.4, 0.5) is 4.79 Å². The molecule has 2 fully saturated rings. The van der Waals surface area contributed by atoms with Gasteiger partial charge >= 0.3 is 6.09 Å². The molecule has 0 radical (unpaired) electrons. The van der Waals surface area contributed by atoms with Crippen molar-refractivity contribution in [2.75, 3.05) is 19.6 Å². The molecule has 1 heterocycles. The summed E-state index contributed by atoms with van der Waals surface area (Å²) >= 11 is 0. The molecule has 0 spiro atoms. The van der Waals surface area contributed by atoms with Crippen LogP contribution in [0.1, 0.15) is 60.3 Å². The monoisotopic (exact) mass is 296 g/mol. The summed E-state index contributed by atoms with van der Waals surface area (Å²) in [5.41, 5.74) is 0.0308. The van der Waals surface area contributed by atoms with Gasteiger partial charge in [-0.05, 0) is 51.4 Å². The molecule has 2 rings (SSSR count). The van der Waals surface area contributed by atoms with Gasteiger partial charge < -0.3 is 15.0 Å². The third-order valence-electron chi connectivity index (χ3n) is 4.67. The van der Waals surface area contributed by atoms with E-state index in [2.05, 4.69) is 19.2 Å². The molecule has 1 aliphatic heterocycles. The highest BCUT2D eigenvalue weighted by Crippen LogP contribution is 2.40. The fourth-order valence-electron chi connectivity index (χ4n) is 3.69. The molecule has 0 aromatic carbocycles. The second-order valence-electron chi connectivity index (χ2n) is 8.51. The standard InChI is InChI=1S/C17H32N2O2/c1-16(2,3)21-15(20)19-10-9-18-14(12-19)13-7-6-8-17(4,5)11-13/h13-14,18H,6-12H2,1-5H3. The van der Waals surface area contributed by atoms with Crippen molar-refractivity contribution in [2.45, 2.75) is 71.9 Å². The lowest BCUT2D eigenvalue weighted by atomic mass is 9.70. The average Bonchev–Trinajstić information content (AvgIpc) is 2.36. The first-order valence-corrected chi connectivity index (χ1v) is 8.38. The average molecular weight is 296 g/mol. The Balaban J connectivity index is 1.93. The smallest absolute Gasteiger partial charge is 0.410 e. The minimum absolute atomic E-state index is 0.163. The summed E-state index contributed by atoms with van der Waals surface area (Å²) in [5.74, 6) is 0.680. The second kappa shape index (κ2) is 6.15. The van der Waals surface area contributed by atoms with E-state index in [9.17, 15) is 4.79 Å². The third-order valence-corrected chi connectivity index (χ3v) is 4.67. The van der Waals surface area contributed by atoms with E-state index in [-0.39, 0.29) is 6.09 Å². The summed E-state index contributed by atoms with van der Waals surface area (Å²) < 4.78 is 5.51. The van der Waals surface area contributed by atoms with E-state index in [1.54, 1.807) is 0 Å². The van der Waals surface area contributed by atoms with Gasteiger partial charge in [0, 0.05) is 25.7 Å². The summed E-state index contributed by atoms with van der Waals surface area (Å²) in [6, 6.07) is 0.422. The quantitative estimate of drug-likeness (QED) is 0.806. The van der Waals surface area contributed by atoms with Crippen LogP contribution in [0.25, 0.3) is 0 Å². The highest BCUT2D eigenvalue weighted by molar-refractivity contribution is 5.68. The van der Waals surface area contributed by atoms with Crippen molar-refractivity contribution in [3.63, 3.8) is 0 Å². The summed E-state index contributed by atoms with van der Waals surface area (Å²) in [7, 11) is 0. The molecular weight excluding hydrogens is 264 g/mol. The maximum absolute atomic E-state index is 12.2. The van der Waals surface area contributed by atoms with Gasteiger partial charge in [0.05, 0.1) is 0 Å². The molecule has 0 aromatic rings. The van der Waals surface area contributed by atoms with Gasteiger partial charge in [0.1, 0.15) is 5.60 Å². The predicted molar refractivity (Wildman–Crippen MR) is 85.3 cm³/mol. The van der Waals surface area contributed by atoms with Gasteiger partial charge in [-0.3, -0.25) is 0 Å². The van der Waals surface area contributed by atoms with Crippen molar-refractivity contribution in [3.05, 3.63) is 0 Å². The summed E-state index contributed by atoms with van der Waals surface area (Å²) in [6.07, 6.45) is 5.01. The van der Waals surface area contributed by atoms with E-state index >= 15 is 0 Å². The maximum Gasteiger partial charge on any atom is 0.410 e. The van der Waals surface area contributed by atoms with E-state index < -0.39 is 5.60 Å². The Morgan fingerprint density at radius 2 is 2.05 bits per heavy atom. The van der Waals surface area contributed by atoms with Gasteiger partial charge in [-0.25, -0.2) is 4.79 Å². The Morgan fingerprint density at radius 3 is 2.67 bits per heavy atom. The Hall–Kier alpha value is -0.770. The van der Waals surface area contributed by atoms with E-state index in [0.29, 0.717) is 17.4 Å². The number of nitrogens with one attached hydrogen (secondary N) is 1. The van der Waals surface area contributed by atoms with Gasteiger partial charge in [0.15, 0.2) is 0 Å². The second-order valence-corrected chi connectivity index (χ2v) is 8.51. The molecule has 4 nitrogen and oxygen atoms in total. The van der Waals surface area contributed by atoms with Gasteiger partial charge in [-0.15, -0.1) is 0 Å². The van der Waals surface area contributed by atoms with Crippen LogP contribution >= 0.6 is 0 Å². The van der Waals surface area contributed by atoms with Crippen LogP contribution in [0.2, 0.25) is 0 Å². The van der Waals surface area contributed by atoms with Gasteiger partial charge in [0.2, 0.25) is 0 Å². The normalized spacial score (nSPS) is 30.0. The van der Waals surface area contributed by atoms with Crippen molar-refractivity contribution in [1.82, 2.24) is 10.2 Å². The number of amides is 1. The van der Waals surface area contributed by atoms with Crippen molar-refractivity contribution in [3.8, 4) is 0 Å². The Kier molecular flexibility index (Phi) is 4.86. The zero-order valence-corrected chi connectivity index (χ0v) is 14.4. The molecule has 2 aliphatic rings. The van der Waals surface area contributed by atoms with E-state index in [1.165, 1.54) is 25.7 Å². The molecule has 1 saturated heterocycles. The van der Waals surface area contributed by atoms with E-state index in [0.717, 1.165) is 19.6 Å². The minimum atomic E-state index is -0.412. The maximum atomic E-state index is 12.2. The molecule has 1 N–H and O–H groups in total. The van der Waals surface area contributed by atoms with Crippen molar-refractivity contribution in [2.24, 2.45) is 11.3 Å². The molecule has 1 aliphatic carbocycles. The molecule has 0 aromatic heterocycles. The zero-order valence-electron chi connectivity index (χ0n) is 14.4. The van der Waals surface area contributed by atoms with Crippen LogP contribution in [-0.2, 0) is 4.74 Å². The summed E-state index contributed by atoms with van der Waals surface area (Å²) in [5, 5.41) is 3.62. The topological polar surface area (TPSA) is 41.6 Å². The van der Waals surface area contributed by atoms with E-state index in [4.69, 9.17) is 4.74 Å². The Bertz CT molecular complexity index is 373. The number of ether oxygens (including phenoxy) is 1. The first-order chi connectivity index (χ1) is 9.66. The predicted octanol–water partition coefficient (Wildman–Crippen LogP) is 3.41. The van der Waals surface area contributed by atoms with Crippen LogP contribution < -0.4 is 5.32 Å². The Morgan fingerprint density at radius 1 is 1.33 bits per heavy atom. The number of rotatable bonds is 1. The first-order valence-electron chi connectivity index (χ1n) is 8.38. The van der Waals surface area contributed by atoms with Crippen LogP contribution in [0.5, 0.6) is 0 Å². The molecule has 122 valence electrons. The van der Waals surface area contributed by atoms with Crippen LogP contribution in [-0.4, -0.2) is 42.3 Å². The van der Waals surface area contributed by atoms with Gasteiger partial charge in [-0.2, -0.15) is 0 Å². The largest absolute Gasteiger partial charge is 0.444 e. The number of nitrogens with zero attached hydrogens (tertiary/aromatic N) is 1. The van der Waals surface area contributed by atoms with Gasteiger partial charge in [0.25, 0.3) is 0 Å². The fourth-order valence-corrected chi connectivity index (χ4v) is 3.69. The van der Waals surface area contributed by atoms with Crippen molar-refractivity contribution >= 4 is 6.09 Å². The summed E-state index contributed by atoms with van der Waals surface area (Å²) in [6.45, 7) is 12.9. The SMILES string of the molecule is CC1(C)CCCC(C2CN(C(=O)OC(C)(C)C)CCN2)C1. The number of hydrogen-bond donors (Lipinski definition) is 1. The molecule has 1 saturated carbocycles. The fraction of sp³-hybridized carbons (Fsp3) is 0.941. The van der Waals surface area contributed by atoms with Crippen molar-refractivity contribution < 1.29 is 9.53 Å². The lowest BCUT2D eigenvalue weighted by molar-refractivity contribution is 0.0142. The molecule has 1 amide bonds. The minimum Gasteiger partial charge on any atom is -0.444 e. The Labute approximate surface area is 129 Å². The molecule has 2 atom stereocenters. The summed E-state index contributed by atoms with van der Waals surface area (Å²) in [4.78, 5) is 14.1. The van der Waals surface area contributed by atoms with Crippen molar-refractivity contribution in [1.29, 1.82) is 0 Å². The van der Waals surface area contributed by atoms with Gasteiger partial charge in [-0.1, -0.05) is 20.3 Å². The molecule has 0 bridgehead atoms. The third kappa shape index (κ3) is 4.87. The van der Waals surface area contributed by atoms with Crippen LogP contribution in [0, 0.1) is 11.3 Å². The number of carbonyl (C=O) groups is 1. The lowest BCUT2D eigenvalue weighted by Gasteiger charge is -2.43. The first kappa shape index (κ1) is 16.6. The highest BCUT2D eigenvalue weighted by Gasteiger charge is 2.36. The molecular formula is C17H32N2O2. The number of hydrogen-bond acceptors (Lipinski definition) is 3. The number of piperazine rings is 1. The highest BCUT2D eigenvalue weighted by atomic mass is 16.6. The zero-order chi connectivity index (χ0) is 15.7. The molecule has 4 heteroatoms. The molecule has 2 unspecified atom stereocenters.